The van der Waals surface area contributed by atoms with Crippen molar-refractivity contribution in [3.05, 3.63) is 72.1 Å². The molecular weight excluding hydrogens is 250 g/mol. The first kappa shape index (κ1) is 11.0. The summed E-state index contributed by atoms with van der Waals surface area (Å²) in [6.45, 7) is 0. The number of hydrogen-bond donors (Lipinski definition) is 0. The molecule has 0 saturated carbocycles. The van der Waals surface area contributed by atoms with Crippen LogP contribution in [0.1, 0.15) is 17.2 Å². The summed E-state index contributed by atoms with van der Waals surface area (Å²) in [6.07, 6.45) is 1.67. The molecule has 5 heteroatoms. The lowest BCUT2D eigenvalue weighted by Gasteiger charge is -2.14. The van der Waals surface area contributed by atoms with Crippen LogP contribution in [0.2, 0.25) is 0 Å². The second-order valence-electron chi connectivity index (χ2n) is 4.59. The number of aromatic nitrogens is 3. The Morgan fingerprint density at radius 1 is 0.900 bits per heavy atom. The predicted octanol–water partition coefficient (Wildman–Crippen LogP) is 3.45. The molecule has 0 fully saturated rings. The number of azo groups is 1. The Hall–Kier alpha value is -2.82. The standard InChI is InChI=1S/C15H11N5/c1-2-6-11(7-3-1)14-12-8-4-5-9-13(12)20-10-16-18-15(20)19-17-14/h1-10,14H. The van der Waals surface area contributed by atoms with Crippen LogP contribution < -0.4 is 0 Å². The average Bonchev–Trinajstić information content (AvgIpc) is 2.92. The van der Waals surface area contributed by atoms with Crippen molar-refractivity contribution >= 4 is 5.95 Å². The summed E-state index contributed by atoms with van der Waals surface area (Å²) in [7, 11) is 0. The average molecular weight is 261 g/mol. The first-order valence-corrected chi connectivity index (χ1v) is 6.38. The molecule has 4 rings (SSSR count). The number of hydrogen-bond acceptors (Lipinski definition) is 4. The van der Waals surface area contributed by atoms with E-state index in [9.17, 15) is 0 Å². The summed E-state index contributed by atoms with van der Waals surface area (Å²) in [4.78, 5) is 0. The zero-order valence-electron chi connectivity index (χ0n) is 10.6. The van der Waals surface area contributed by atoms with Crippen LogP contribution in [0.25, 0.3) is 5.69 Å². The molecule has 1 atom stereocenters. The van der Waals surface area contributed by atoms with Gasteiger partial charge in [-0.2, -0.15) is 5.11 Å². The minimum absolute atomic E-state index is 0.117. The van der Waals surface area contributed by atoms with Crippen LogP contribution in [-0.2, 0) is 0 Å². The summed E-state index contributed by atoms with van der Waals surface area (Å²) in [6, 6.07) is 18.1. The molecule has 0 saturated heterocycles. The molecule has 20 heavy (non-hydrogen) atoms. The summed E-state index contributed by atoms with van der Waals surface area (Å²) in [5.74, 6) is 0.510. The molecule has 0 bridgehead atoms. The van der Waals surface area contributed by atoms with E-state index in [0.717, 1.165) is 16.8 Å². The van der Waals surface area contributed by atoms with E-state index in [1.54, 1.807) is 6.33 Å². The van der Waals surface area contributed by atoms with Gasteiger partial charge in [0.25, 0.3) is 5.95 Å². The fourth-order valence-electron chi connectivity index (χ4n) is 2.46. The Bertz CT molecular complexity index is 776. The van der Waals surface area contributed by atoms with Crippen molar-refractivity contribution < 1.29 is 0 Å². The quantitative estimate of drug-likeness (QED) is 0.673. The molecule has 96 valence electrons. The number of nitrogens with zero attached hydrogens (tertiary/aromatic N) is 5. The van der Waals surface area contributed by atoms with Crippen molar-refractivity contribution in [3.8, 4) is 5.69 Å². The minimum atomic E-state index is -0.117. The van der Waals surface area contributed by atoms with E-state index >= 15 is 0 Å². The second kappa shape index (κ2) is 4.38. The molecule has 5 nitrogen and oxygen atoms in total. The van der Waals surface area contributed by atoms with Crippen LogP contribution in [0.3, 0.4) is 0 Å². The Balaban J connectivity index is 1.96. The fourth-order valence-corrected chi connectivity index (χ4v) is 2.46. The minimum Gasteiger partial charge on any atom is -0.264 e. The topological polar surface area (TPSA) is 55.4 Å². The molecular formula is C15H11N5. The van der Waals surface area contributed by atoms with Crippen LogP contribution in [0.5, 0.6) is 0 Å². The van der Waals surface area contributed by atoms with Gasteiger partial charge in [-0.15, -0.1) is 15.3 Å². The SMILES string of the molecule is c1ccc(C2N=Nc3nncn3-c3ccccc32)cc1. The van der Waals surface area contributed by atoms with Gasteiger partial charge >= 0.3 is 0 Å². The van der Waals surface area contributed by atoms with Gasteiger partial charge in [-0.25, -0.2) is 0 Å². The number of rotatable bonds is 1. The van der Waals surface area contributed by atoms with E-state index in [1.807, 2.05) is 41.0 Å². The Morgan fingerprint density at radius 3 is 2.60 bits per heavy atom. The van der Waals surface area contributed by atoms with Gasteiger partial charge in [0, 0.05) is 5.56 Å². The lowest BCUT2D eigenvalue weighted by Crippen LogP contribution is -2.02. The van der Waals surface area contributed by atoms with Gasteiger partial charge in [0.05, 0.1) is 5.69 Å². The fraction of sp³-hybridized carbons (Fsp3) is 0.0667. The van der Waals surface area contributed by atoms with Crippen LogP contribution in [0, 0.1) is 0 Å². The van der Waals surface area contributed by atoms with E-state index in [4.69, 9.17) is 0 Å². The van der Waals surface area contributed by atoms with Crippen LogP contribution >= 0.6 is 0 Å². The van der Waals surface area contributed by atoms with Crippen LogP contribution in [0.4, 0.5) is 5.95 Å². The zero-order valence-corrected chi connectivity index (χ0v) is 10.6. The Morgan fingerprint density at radius 2 is 1.70 bits per heavy atom. The molecule has 1 aliphatic heterocycles. The summed E-state index contributed by atoms with van der Waals surface area (Å²) in [5, 5.41) is 16.6. The van der Waals surface area contributed by atoms with Crippen molar-refractivity contribution in [1.29, 1.82) is 0 Å². The van der Waals surface area contributed by atoms with Gasteiger partial charge < -0.3 is 0 Å². The highest BCUT2D eigenvalue weighted by Crippen LogP contribution is 2.35. The Kier molecular flexibility index (Phi) is 2.42. The van der Waals surface area contributed by atoms with Gasteiger partial charge in [-0.1, -0.05) is 48.5 Å². The monoisotopic (exact) mass is 261 g/mol. The normalized spacial score (nSPS) is 16.3. The third-order valence-corrected chi connectivity index (χ3v) is 3.40. The van der Waals surface area contributed by atoms with Crippen molar-refractivity contribution in [2.45, 2.75) is 6.04 Å². The van der Waals surface area contributed by atoms with Gasteiger partial charge in [0.1, 0.15) is 12.4 Å². The van der Waals surface area contributed by atoms with Crippen molar-refractivity contribution in [3.63, 3.8) is 0 Å². The molecule has 2 heterocycles. The largest absolute Gasteiger partial charge is 0.274 e. The van der Waals surface area contributed by atoms with E-state index in [-0.39, 0.29) is 6.04 Å². The maximum absolute atomic E-state index is 4.45. The summed E-state index contributed by atoms with van der Waals surface area (Å²) in [5.41, 5.74) is 3.23. The zero-order chi connectivity index (χ0) is 13.4. The molecule has 1 aromatic heterocycles. The number of para-hydroxylation sites is 1. The molecule has 1 unspecified atom stereocenters. The van der Waals surface area contributed by atoms with E-state index in [2.05, 4.69) is 38.6 Å². The maximum atomic E-state index is 4.45. The van der Waals surface area contributed by atoms with Gasteiger partial charge in [-0.05, 0) is 11.6 Å². The highest BCUT2D eigenvalue weighted by atomic mass is 15.4. The van der Waals surface area contributed by atoms with Crippen molar-refractivity contribution in [2.75, 3.05) is 0 Å². The first-order valence-electron chi connectivity index (χ1n) is 6.38. The first-order chi connectivity index (χ1) is 9.93. The lowest BCUT2D eigenvalue weighted by atomic mass is 9.98. The summed E-state index contributed by atoms with van der Waals surface area (Å²) >= 11 is 0. The Labute approximate surface area is 115 Å². The van der Waals surface area contributed by atoms with E-state index in [1.165, 1.54) is 0 Å². The molecule has 1 aliphatic rings. The molecule has 0 radical (unpaired) electrons. The maximum Gasteiger partial charge on any atom is 0.274 e. The van der Waals surface area contributed by atoms with Crippen LogP contribution in [0.15, 0.2) is 71.2 Å². The molecule has 0 N–H and O–H groups in total. The van der Waals surface area contributed by atoms with Crippen molar-refractivity contribution in [1.82, 2.24) is 14.8 Å². The highest BCUT2D eigenvalue weighted by Gasteiger charge is 2.22. The third kappa shape index (κ3) is 1.64. The number of benzene rings is 2. The highest BCUT2D eigenvalue weighted by molar-refractivity contribution is 5.50. The number of fused-ring (bicyclic) bond motifs is 3. The van der Waals surface area contributed by atoms with E-state index < -0.39 is 0 Å². The molecule has 0 spiro atoms. The molecule has 3 aromatic rings. The second-order valence-corrected chi connectivity index (χ2v) is 4.59. The molecule has 0 amide bonds. The van der Waals surface area contributed by atoms with E-state index in [0.29, 0.717) is 5.95 Å². The smallest absolute Gasteiger partial charge is 0.264 e. The van der Waals surface area contributed by atoms with Gasteiger partial charge in [-0.3, -0.25) is 4.57 Å². The summed E-state index contributed by atoms with van der Waals surface area (Å²) < 4.78 is 1.86. The predicted molar refractivity (Wildman–Crippen MR) is 74.2 cm³/mol. The van der Waals surface area contributed by atoms with Crippen molar-refractivity contribution in [2.24, 2.45) is 10.2 Å². The third-order valence-electron chi connectivity index (χ3n) is 3.40. The van der Waals surface area contributed by atoms with Gasteiger partial charge in [0.2, 0.25) is 0 Å². The molecule has 0 aliphatic carbocycles. The van der Waals surface area contributed by atoms with Crippen LogP contribution in [-0.4, -0.2) is 14.8 Å². The molecule has 2 aromatic carbocycles. The lowest BCUT2D eigenvalue weighted by molar-refractivity contribution is 0.811. The van der Waals surface area contributed by atoms with Gasteiger partial charge in [0.15, 0.2) is 0 Å².